The number of benzene rings is 1. The molecular formula is C14H23N3O2S. The fourth-order valence-corrected chi connectivity index (χ4v) is 3.37. The summed E-state index contributed by atoms with van der Waals surface area (Å²) < 4.78 is 25.2. The molecule has 0 saturated carbocycles. The smallest absolute Gasteiger partial charge is 0.242 e. The van der Waals surface area contributed by atoms with E-state index >= 15 is 0 Å². The molecule has 0 aromatic heterocycles. The SMILES string of the molecule is CNC1CCN(c2ccc(S(=O)(=O)N(C)C)cc2)CC1. The average molecular weight is 297 g/mol. The summed E-state index contributed by atoms with van der Waals surface area (Å²) in [5, 5.41) is 3.31. The van der Waals surface area contributed by atoms with Crippen LogP contribution < -0.4 is 10.2 Å². The molecule has 0 spiro atoms. The van der Waals surface area contributed by atoms with Crippen LogP contribution in [0.2, 0.25) is 0 Å². The molecule has 6 heteroatoms. The molecule has 0 unspecified atom stereocenters. The normalized spacial score (nSPS) is 17.7. The van der Waals surface area contributed by atoms with Crippen molar-refractivity contribution >= 4 is 15.7 Å². The zero-order valence-corrected chi connectivity index (χ0v) is 13.2. The molecule has 1 aromatic rings. The molecule has 1 saturated heterocycles. The lowest BCUT2D eigenvalue weighted by molar-refractivity contribution is 0.442. The molecule has 1 aliphatic heterocycles. The quantitative estimate of drug-likeness (QED) is 0.905. The van der Waals surface area contributed by atoms with Crippen LogP contribution in [0, 0.1) is 0 Å². The van der Waals surface area contributed by atoms with Crippen LogP contribution in [0.15, 0.2) is 29.2 Å². The topological polar surface area (TPSA) is 52.7 Å². The molecule has 1 fully saturated rings. The largest absolute Gasteiger partial charge is 0.371 e. The minimum absolute atomic E-state index is 0.344. The first-order chi connectivity index (χ1) is 9.45. The highest BCUT2D eigenvalue weighted by Gasteiger charge is 2.20. The molecule has 112 valence electrons. The van der Waals surface area contributed by atoms with Crippen LogP contribution in [0.1, 0.15) is 12.8 Å². The highest BCUT2D eigenvalue weighted by atomic mass is 32.2. The third-order valence-electron chi connectivity index (χ3n) is 3.88. The number of sulfonamides is 1. The van der Waals surface area contributed by atoms with Gasteiger partial charge in [0, 0.05) is 38.9 Å². The van der Waals surface area contributed by atoms with Gasteiger partial charge in [-0.2, -0.15) is 0 Å². The zero-order valence-electron chi connectivity index (χ0n) is 12.3. The number of rotatable bonds is 4. The molecule has 0 atom stereocenters. The maximum atomic E-state index is 12.0. The average Bonchev–Trinajstić information content (AvgIpc) is 2.47. The fraction of sp³-hybridized carbons (Fsp3) is 0.571. The molecule has 20 heavy (non-hydrogen) atoms. The third-order valence-corrected chi connectivity index (χ3v) is 5.71. The van der Waals surface area contributed by atoms with Crippen molar-refractivity contribution in [3.8, 4) is 0 Å². The van der Waals surface area contributed by atoms with Crippen molar-refractivity contribution in [2.24, 2.45) is 0 Å². The molecule has 0 amide bonds. The van der Waals surface area contributed by atoms with Crippen molar-refractivity contribution in [1.82, 2.24) is 9.62 Å². The Bertz CT molecular complexity index is 532. The first-order valence-corrected chi connectivity index (χ1v) is 8.34. The Morgan fingerprint density at radius 2 is 1.70 bits per heavy atom. The van der Waals surface area contributed by atoms with E-state index in [9.17, 15) is 8.42 Å². The number of nitrogens with zero attached hydrogens (tertiary/aromatic N) is 2. The highest BCUT2D eigenvalue weighted by Crippen LogP contribution is 2.22. The molecule has 5 nitrogen and oxygen atoms in total. The van der Waals surface area contributed by atoms with Crippen molar-refractivity contribution < 1.29 is 8.42 Å². The van der Waals surface area contributed by atoms with Gasteiger partial charge in [0.2, 0.25) is 10.0 Å². The van der Waals surface area contributed by atoms with Gasteiger partial charge in [-0.15, -0.1) is 0 Å². The summed E-state index contributed by atoms with van der Waals surface area (Å²) in [4.78, 5) is 2.65. The van der Waals surface area contributed by atoms with Gasteiger partial charge in [-0.25, -0.2) is 12.7 Å². The summed E-state index contributed by atoms with van der Waals surface area (Å²) in [7, 11) is 1.76. The van der Waals surface area contributed by atoms with Crippen LogP contribution in [0.5, 0.6) is 0 Å². The maximum absolute atomic E-state index is 12.0. The predicted octanol–water partition coefficient (Wildman–Crippen LogP) is 1.13. The van der Waals surface area contributed by atoms with E-state index in [0.29, 0.717) is 10.9 Å². The van der Waals surface area contributed by atoms with Crippen molar-refractivity contribution in [1.29, 1.82) is 0 Å². The Labute approximate surface area is 121 Å². The van der Waals surface area contributed by atoms with Crippen LogP contribution >= 0.6 is 0 Å². The Hall–Kier alpha value is -1.11. The maximum Gasteiger partial charge on any atom is 0.242 e. The Morgan fingerprint density at radius 3 is 2.15 bits per heavy atom. The lowest BCUT2D eigenvalue weighted by Crippen LogP contribution is -2.41. The minimum Gasteiger partial charge on any atom is -0.371 e. The summed E-state index contributed by atoms with van der Waals surface area (Å²) >= 11 is 0. The predicted molar refractivity (Wildman–Crippen MR) is 81.6 cm³/mol. The second-order valence-electron chi connectivity index (χ2n) is 5.33. The first-order valence-electron chi connectivity index (χ1n) is 6.90. The van der Waals surface area contributed by atoms with Gasteiger partial charge < -0.3 is 10.2 Å². The summed E-state index contributed by atoms with van der Waals surface area (Å²) in [6.45, 7) is 2.01. The Kier molecular flexibility index (Phi) is 4.67. The van der Waals surface area contributed by atoms with Gasteiger partial charge in [-0.05, 0) is 44.2 Å². The molecule has 1 heterocycles. The van der Waals surface area contributed by atoms with E-state index < -0.39 is 10.0 Å². The van der Waals surface area contributed by atoms with E-state index in [-0.39, 0.29) is 0 Å². The second-order valence-corrected chi connectivity index (χ2v) is 7.48. The number of hydrogen-bond acceptors (Lipinski definition) is 4. The summed E-state index contributed by atoms with van der Waals surface area (Å²) in [5.41, 5.74) is 1.09. The van der Waals surface area contributed by atoms with E-state index in [1.165, 1.54) is 4.31 Å². The summed E-state index contributed by atoms with van der Waals surface area (Å²) in [6, 6.07) is 7.77. The van der Waals surface area contributed by atoms with E-state index in [0.717, 1.165) is 31.6 Å². The Morgan fingerprint density at radius 1 is 1.15 bits per heavy atom. The van der Waals surface area contributed by atoms with Gasteiger partial charge in [0.1, 0.15) is 0 Å². The van der Waals surface area contributed by atoms with Gasteiger partial charge in [-0.1, -0.05) is 0 Å². The number of piperidine rings is 1. The number of anilines is 1. The lowest BCUT2D eigenvalue weighted by Gasteiger charge is -2.33. The number of hydrogen-bond donors (Lipinski definition) is 1. The van der Waals surface area contributed by atoms with Crippen molar-refractivity contribution in [3.05, 3.63) is 24.3 Å². The van der Waals surface area contributed by atoms with Crippen molar-refractivity contribution in [2.45, 2.75) is 23.8 Å². The second kappa shape index (κ2) is 6.11. The third kappa shape index (κ3) is 3.13. The van der Waals surface area contributed by atoms with Crippen LogP contribution in [-0.2, 0) is 10.0 Å². The summed E-state index contributed by atoms with van der Waals surface area (Å²) in [5.74, 6) is 0. The van der Waals surface area contributed by atoms with Crippen LogP contribution in [-0.4, -0.2) is 53.0 Å². The Balaban J connectivity index is 2.10. The molecule has 0 radical (unpaired) electrons. The van der Waals surface area contributed by atoms with Crippen LogP contribution in [0.25, 0.3) is 0 Å². The zero-order chi connectivity index (χ0) is 14.8. The van der Waals surface area contributed by atoms with E-state index in [1.54, 1.807) is 26.2 Å². The van der Waals surface area contributed by atoms with Gasteiger partial charge in [0.25, 0.3) is 0 Å². The first kappa shape index (κ1) is 15.3. The minimum atomic E-state index is -3.33. The monoisotopic (exact) mass is 297 g/mol. The number of nitrogens with one attached hydrogen (secondary N) is 1. The van der Waals surface area contributed by atoms with Gasteiger partial charge in [0.15, 0.2) is 0 Å². The van der Waals surface area contributed by atoms with Crippen LogP contribution in [0.3, 0.4) is 0 Å². The standard InChI is InChI=1S/C14H23N3O2S/c1-15-12-8-10-17(11-9-12)13-4-6-14(7-5-13)20(18,19)16(2)3/h4-7,12,15H,8-11H2,1-3H3. The molecule has 1 aliphatic rings. The van der Waals surface area contributed by atoms with E-state index in [2.05, 4.69) is 10.2 Å². The van der Waals surface area contributed by atoms with E-state index in [1.807, 2.05) is 19.2 Å². The molecule has 1 N–H and O–H groups in total. The molecule has 0 aliphatic carbocycles. The van der Waals surface area contributed by atoms with E-state index in [4.69, 9.17) is 0 Å². The molecule has 0 bridgehead atoms. The molecule has 2 rings (SSSR count). The van der Waals surface area contributed by atoms with Gasteiger partial charge in [-0.3, -0.25) is 0 Å². The van der Waals surface area contributed by atoms with Gasteiger partial charge in [0.05, 0.1) is 4.90 Å². The lowest BCUT2D eigenvalue weighted by atomic mass is 10.0. The summed E-state index contributed by atoms with van der Waals surface area (Å²) in [6.07, 6.45) is 2.24. The highest BCUT2D eigenvalue weighted by molar-refractivity contribution is 7.89. The molecule has 1 aromatic carbocycles. The van der Waals surface area contributed by atoms with Crippen molar-refractivity contribution in [2.75, 3.05) is 39.1 Å². The van der Waals surface area contributed by atoms with Crippen LogP contribution in [0.4, 0.5) is 5.69 Å². The fourth-order valence-electron chi connectivity index (χ4n) is 2.47. The molecular weight excluding hydrogens is 274 g/mol. The van der Waals surface area contributed by atoms with Crippen molar-refractivity contribution in [3.63, 3.8) is 0 Å². The van der Waals surface area contributed by atoms with Gasteiger partial charge >= 0.3 is 0 Å².